The molecule has 1 atom stereocenters. The van der Waals surface area contributed by atoms with Gasteiger partial charge in [0.05, 0.1) is 19.6 Å². The molecule has 1 fully saturated rings. The lowest BCUT2D eigenvalue weighted by Crippen LogP contribution is -2.49. The van der Waals surface area contributed by atoms with Crippen LogP contribution < -0.4 is 0 Å². The lowest BCUT2D eigenvalue weighted by atomic mass is 10.1. The van der Waals surface area contributed by atoms with Crippen LogP contribution in [-0.2, 0) is 20.7 Å². The molecule has 1 heterocycles. The Labute approximate surface area is 119 Å². The van der Waals surface area contributed by atoms with Crippen LogP contribution in [0.5, 0.6) is 0 Å². The topological polar surface area (TPSA) is 66.8 Å². The molecule has 0 saturated carbocycles. The first-order chi connectivity index (χ1) is 9.06. The SMILES string of the molecule is O=C(O)[C@@H]1CN(C(=O)Cc2cccc(Br)c2)CCO1. The van der Waals surface area contributed by atoms with Gasteiger partial charge in [-0.2, -0.15) is 0 Å². The zero-order valence-electron chi connectivity index (χ0n) is 10.2. The van der Waals surface area contributed by atoms with Crippen LogP contribution in [0, 0.1) is 0 Å². The van der Waals surface area contributed by atoms with Crippen molar-refractivity contribution >= 4 is 27.8 Å². The number of carbonyl (C=O) groups excluding carboxylic acids is 1. The number of benzene rings is 1. The zero-order valence-corrected chi connectivity index (χ0v) is 11.8. The number of carboxylic acid groups (broad SMARTS) is 1. The van der Waals surface area contributed by atoms with Crippen molar-refractivity contribution in [3.63, 3.8) is 0 Å². The Hall–Kier alpha value is -1.40. The van der Waals surface area contributed by atoms with Crippen molar-refractivity contribution in [3.8, 4) is 0 Å². The van der Waals surface area contributed by atoms with Crippen LogP contribution in [0.15, 0.2) is 28.7 Å². The molecule has 1 saturated heterocycles. The summed E-state index contributed by atoms with van der Waals surface area (Å²) in [6.45, 7) is 0.819. The number of hydrogen-bond donors (Lipinski definition) is 1. The summed E-state index contributed by atoms with van der Waals surface area (Å²) in [6, 6.07) is 7.51. The van der Waals surface area contributed by atoms with E-state index in [0.29, 0.717) is 6.54 Å². The van der Waals surface area contributed by atoms with Gasteiger partial charge in [0, 0.05) is 11.0 Å². The molecule has 0 aliphatic carbocycles. The third-order valence-electron chi connectivity index (χ3n) is 2.94. The summed E-state index contributed by atoms with van der Waals surface area (Å²) in [7, 11) is 0. The maximum Gasteiger partial charge on any atom is 0.334 e. The average Bonchev–Trinajstić information content (AvgIpc) is 2.39. The number of rotatable bonds is 3. The summed E-state index contributed by atoms with van der Waals surface area (Å²) in [5.74, 6) is -1.10. The van der Waals surface area contributed by atoms with Crippen LogP contribution in [0.1, 0.15) is 5.56 Å². The Balaban J connectivity index is 1.98. The maximum absolute atomic E-state index is 12.1. The largest absolute Gasteiger partial charge is 0.479 e. The van der Waals surface area contributed by atoms with Crippen molar-refractivity contribution in [2.75, 3.05) is 19.7 Å². The van der Waals surface area contributed by atoms with Gasteiger partial charge >= 0.3 is 5.97 Å². The van der Waals surface area contributed by atoms with Gasteiger partial charge in [-0.15, -0.1) is 0 Å². The zero-order chi connectivity index (χ0) is 13.8. The van der Waals surface area contributed by atoms with Crippen LogP contribution in [0.3, 0.4) is 0 Å². The molecule has 1 amide bonds. The minimum absolute atomic E-state index is 0.0762. The molecule has 19 heavy (non-hydrogen) atoms. The normalized spacial score (nSPS) is 19.2. The van der Waals surface area contributed by atoms with Crippen LogP contribution in [-0.4, -0.2) is 47.7 Å². The molecule has 0 bridgehead atoms. The van der Waals surface area contributed by atoms with Gasteiger partial charge in [-0.1, -0.05) is 28.1 Å². The second-order valence-electron chi connectivity index (χ2n) is 4.34. The minimum atomic E-state index is -1.03. The van der Waals surface area contributed by atoms with Crippen molar-refractivity contribution in [1.29, 1.82) is 0 Å². The smallest absolute Gasteiger partial charge is 0.334 e. The second kappa shape index (κ2) is 6.16. The number of aliphatic carboxylic acids is 1. The summed E-state index contributed by atoms with van der Waals surface area (Å²) >= 11 is 3.35. The van der Waals surface area contributed by atoms with Crippen LogP contribution >= 0.6 is 15.9 Å². The lowest BCUT2D eigenvalue weighted by Gasteiger charge is -2.31. The molecule has 1 aliphatic rings. The third-order valence-corrected chi connectivity index (χ3v) is 3.43. The second-order valence-corrected chi connectivity index (χ2v) is 5.26. The highest BCUT2D eigenvalue weighted by Crippen LogP contribution is 2.14. The summed E-state index contributed by atoms with van der Waals surface area (Å²) in [5, 5.41) is 8.89. The summed E-state index contributed by atoms with van der Waals surface area (Å²) in [6.07, 6.45) is -0.647. The Morgan fingerprint density at radius 1 is 1.47 bits per heavy atom. The standard InChI is InChI=1S/C13H14BrNO4/c14-10-3-1-2-9(6-10)7-12(16)15-4-5-19-11(8-15)13(17)18/h1-3,6,11H,4-5,7-8H2,(H,17,18)/t11-/m0/s1. The molecule has 1 aromatic rings. The van der Waals surface area contributed by atoms with Gasteiger partial charge in [-0.3, -0.25) is 4.79 Å². The molecule has 1 N–H and O–H groups in total. The Bertz CT molecular complexity index is 491. The Morgan fingerprint density at radius 2 is 2.26 bits per heavy atom. The molecule has 0 aromatic heterocycles. The van der Waals surface area contributed by atoms with E-state index in [-0.39, 0.29) is 25.5 Å². The quantitative estimate of drug-likeness (QED) is 0.908. The number of carboxylic acids is 1. The fourth-order valence-corrected chi connectivity index (χ4v) is 2.41. The van der Waals surface area contributed by atoms with Crippen molar-refractivity contribution in [2.24, 2.45) is 0 Å². The summed E-state index contributed by atoms with van der Waals surface area (Å²) < 4.78 is 6.01. The van der Waals surface area contributed by atoms with E-state index >= 15 is 0 Å². The van der Waals surface area contributed by atoms with Gasteiger partial charge in [0.2, 0.25) is 5.91 Å². The number of morpholine rings is 1. The molecule has 0 spiro atoms. The van der Waals surface area contributed by atoms with Gasteiger partial charge < -0.3 is 14.7 Å². The van der Waals surface area contributed by atoms with E-state index in [0.717, 1.165) is 10.0 Å². The van der Waals surface area contributed by atoms with Crippen molar-refractivity contribution in [1.82, 2.24) is 4.90 Å². The van der Waals surface area contributed by atoms with E-state index in [2.05, 4.69) is 15.9 Å². The molecule has 1 aliphatic heterocycles. The number of halogens is 1. The summed E-state index contributed by atoms with van der Waals surface area (Å²) in [5.41, 5.74) is 0.901. The lowest BCUT2D eigenvalue weighted by molar-refractivity contribution is -0.159. The third kappa shape index (κ3) is 3.78. The Kier molecular flexibility index (Phi) is 4.55. The van der Waals surface area contributed by atoms with Crippen LogP contribution in [0.2, 0.25) is 0 Å². The van der Waals surface area contributed by atoms with Gasteiger partial charge in [0.15, 0.2) is 6.10 Å². The first kappa shape index (κ1) is 14.0. The number of hydrogen-bond acceptors (Lipinski definition) is 3. The molecule has 102 valence electrons. The van der Waals surface area contributed by atoms with Gasteiger partial charge in [0.1, 0.15) is 0 Å². The molecule has 1 aromatic carbocycles. The van der Waals surface area contributed by atoms with Gasteiger partial charge in [0.25, 0.3) is 0 Å². The number of nitrogens with zero attached hydrogens (tertiary/aromatic N) is 1. The van der Waals surface area contributed by atoms with E-state index in [4.69, 9.17) is 9.84 Å². The predicted molar refractivity (Wildman–Crippen MR) is 71.8 cm³/mol. The van der Waals surface area contributed by atoms with Crippen molar-refractivity contribution in [3.05, 3.63) is 34.3 Å². The van der Waals surface area contributed by atoms with Crippen molar-refractivity contribution in [2.45, 2.75) is 12.5 Å². The highest BCUT2D eigenvalue weighted by atomic mass is 79.9. The molecule has 0 radical (unpaired) electrons. The predicted octanol–water partition coefficient (Wildman–Crippen LogP) is 1.30. The summed E-state index contributed by atoms with van der Waals surface area (Å²) in [4.78, 5) is 24.5. The van der Waals surface area contributed by atoms with Crippen molar-refractivity contribution < 1.29 is 19.4 Å². The number of carbonyl (C=O) groups is 2. The molecule has 5 nitrogen and oxygen atoms in total. The first-order valence-electron chi connectivity index (χ1n) is 5.93. The average molecular weight is 328 g/mol. The Morgan fingerprint density at radius 3 is 2.95 bits per heavy atom. The van der Waals surface area contributed by atoms with E-state index in [1.165, 1.54) is 0 Å². The van der Waals surface area contributed by atoms with E-state index < -0.39 is 12.1 Å². The van der Waals surface area contributed by atoms with Gasteiger partial charge in [-0.05, 0) is 17.7 Å². The monoisotopic (exact) mass is 327 g/mol. The maximum atomic E-state index is 12.1. The fourth-order valence-electron chi connectivity index (χ4n) is 1.96. The highest BCUT2D eigenvalue weighted by Gasteiger charge is 2.28. The van der Waals surface area contributed by atoms with Crippen LogP contribution in [0.4, 0.5) is 0 Å². The molecular weight excluding hydrogens is 314 g/mol. The molecule has 2 rings (SSSR count). The number of ether oxygens (including phenoxy) is 1. The molecular formula is C13H14BrNO4. The van der Waals surface area contributed by atoms with E-state index in [9.17, 15) is 9.59 Å². The molecule has 6 heteroatoms. The molecule has 0 unspecified atom stereocenters. The van der Waals surface area contributed by atoms with E-state index in [1.54, 1.807) is 4.90 Å². The minimum Gasteiger partial charge on any atom is -0.479 e. The van der Waals surface area contributed by atoms with E-state index in [1.807, 2.05) is 24.3 Å². The fraction of sp³-hybridized carbons (Fsp3) is 0.385. The van der Waals surface area contributed by atoms with Gasteiger partial charge in [-0.25, -0.2) is 4.79 Å². The van der Waals surface area contributed by atoms with Crippen LogP contribution in [0.25, 0.3) is 0 Å². The number of amides is 1. The first-order valence-corrected chi connectivity index (χ1v) is 6.72. The highest BCUT2D eigenvalue weighted by molar-refractivity contribution is 9.10.